The lowest BCUT2D eigenvalue weighted by molar-refractivity contribution is 0.0952. The molecule has 0 unspecified atom stereocenters. The minimum Gasteiger partial charge on any atom is -0.451 e. The molecule has 5 heteroatoms. The summed E-state index contributed by atoms with van der Waals surface area (Å²) in [6.45, 7) is 1.85. The Morgan fingerprint density at radius 2 is 1.72 bits per heavy atom. The summed E-state index contributed by atoms with van der Waals surface area (Å²) in [6, 6.07) is 14.8. The third kappa shape index (κ3) is 3.01. The van der Waals surface area contributed by atoms with E-state index < -0.39 is 0 Å². The van der Waals surface area contributed by atoms with Crippen LogP contribution in [0.1, 0.15) is 39.3 Å². The number of hydrogen-bond donors (Lipinski definition) is 2. The molecular formula is C20H18N2O3. The summed E-state index contributed by atoms with van der Waals surface area (Å²) in [7, 11) is 0. The first-order valence-electron chi connectivity index (χ1n) is 8.33. The molecule has 2 N–H and O–H groups in total. The fourth-order valence-corrected chi connectivity index (χ4v) is 2.85. The van der Waals surface area contributed by atoms with Gasteiger partial charge in [-0.05, 0) is 38.0 Å². The number of rotatable bonds is 4. The molecule has 5 nitrogen and oxygen atoms in total. The Balaban J connectivity index is 1.62. The number of benzene rings is 2. The van der Waals surface area contributed by atoms with Gasteiger partial charge in [-0.3, -0.25) is 9.59 Å². The van der Waals surface area contributed by atoms with Crippen molar-refractivity contribution in [3.63, 3.8) is 0 Å². The van der Waals surface area contributed by atoms with Gasteiger partial charge in [0.05, 0.1) is 11.3 Å². The summed E-state index contributed by atoms with van der Waals surface area (Å²) in [5, 5.41) is 6.66. The lowest BCUT2D eigenvalue weighted by Gasteiger charge is -2.10. The minimum absolute atomic E-state index is 0.167. The number of aryl methyl sites for hydroxylation is 1. The summed E-state index contributed by atoms with van der Waals surface area (Å²) in [5.74, 6) is -0.265. The highest BCUT2D eigenvalue weighted by molar-refractivity contribution is 6.10. The third-order valence-corrected chi connectivity index (χ3v) is 4.38. The molecule has 0 bridgehead atoms. The topological polar surface area (TPSA) is 71.3 Å². The molecule has 1 saturated carbocycles. The molecule has 1 heterocycles. The maximum absolute atomic E-state index is 12.7. The van der Waals surface area contributed by atoms with E-state index in [0.717, 1.165) is 23.8 Å². The number of amides is 2. The quantitative estimate of drug-likeness (QED) is 0.760. The van der Waals surface area contributed by atoms with Gasteiger partial charge in [-0.2, -0.15) is 0 Å². The molecule has 1 aromatic heterocycles. The highest BCUT2D eigenvalue weighted by atomic mass is 16.3. The van der Waals surface area contributed by atoms with Gasteiger partial charge in [0.1, 0.15) is 5.58 Å². The maximum Gasteiger partial charge on any atom is 0.291 e. The summed E-state index contributed by atoms with van der Waals surface area (Å²) >= 11 is 0. The highest BCUT2D eigenvalue weighted by Crippen LogP contribution is 2.26. The van der Waals surface area contributed by atoms with Gasteiger partial charge < -0.3 is 15.1 Å². The standard InChI is InChI=1S/C20H18N2O3/c1-12-14-6-3-5-9-17(14)25-18(12)20(24)22-16-8-4-2-7-15(16)19(23)21-13-10-11-13/h2-9,13H,10-11H2,1H3,(H,21,23)(H,22,24). The number of fused-ring (bicyclic) bond motifs is 1. The van der Waals surface area contributed by atoms with Crippen molar-refractivity contribution in [3.8, 4) is 0 Å². The monoisotopic (exact) mass is 334 g/mol. The van der Waals surface area contributed by atoms with E-state index in [9.17, 15) is 9.59 Å². The molecule has 4 rings (SSSR count). The van der Waals surface area contributed by atoms with Crippen LogP contribution in [0.3, 0.4) is 0 Å². The molecule has 0 spiro atoms. The van der Waals surface area contributed by atoms with E-state index in [4.69, 9.17) is 4.42 Å². The second-order valence-electron chi connectivity index (χ2n) is 6.30. The van der Waals surface area contributed by atoms with Gasteiger partial charge in [0.25, 0.3) is 11.8 Å². The largest absolute Gasteiger partial charge is 0.451 e. The number of carbonyl (C=O) groups excluding carboxylic acids is 2. The predicted octanol–water partition coefficient (Wildman–Crippen LogP) is 3.89. The number of furan rings is 1. The van der Waals surface area contributed by atoms with Gasteiger partial charge >= 0.3 is 0 Å². The van der Waals surface area contributed by atoms with Crippen LogP contribution >= 0.6 is 0 Å². The lowest BCUT2D eigenvalue weighted by atomic mass is 10.1. The van der Waals surface area contributed by atoms with Crippen molar-refractivity contribution in [3.05, 3.63) is 65.4 Å². The molecule has 0 radical (unpaired) electrons. The molecule has 2 amide bonds. The van der Waals surface area contributed by atoms with Crippen molar-refractivity contribution in [2.24, 2.45) is 0 Å². The number of carbonyl (C=O) groups is 2. The van der Waals surface area contributed by atoms with Crippen molar-refractivity contribution in [1.82, 2.24) is 5.32 Å². The van der Waals surface area contributed by atoms with Crippen LogP contribution in [0.25, 0.3) is 11.0 Å². The van der Waals surface area contributed by atoms with Crippen molar-refractivity contribution >= 4 is 28.5 Å². The van der Waals surface area contributed by atoms with Gasteiger partial charge in [-0.15, -0.1) is 0 Å². The van der Waals surface area contributed by atoms with Gasteiger partial charge in [0, 0.05) is 17.0 Å². The Morgan fingerprint density at radius 1 is 1.00 bits per heavy atom. The van der Waals surface area contributed by atoms with Crippen molar-refractivity contribution in [1.29, 1.82) is 0 Å². The summed E-state index contributed by atoms with van der Waals surface area (Å²) in [5.41, 5.74) is 2.39. The fourth-order valence-electron chi connectivity index (χ4n) is 2.85. The third-order valence-electron chi connectivity index (χ3n) is 4.38. The summed E-state index contributed by atoms with van der Waals surface area (Å²) < 4.78 is 5.70. The summed E-state index contributed by atoms with van der Waals surface area (Å²) in [6.07, 6.45) is 2.02. The Kier molecular flexibility index (Phi) is 3.76. The second-order valence-corrected chi connectivity index (χ2v) is 6.30. The zero-order valence-electron chi connectivity index (χ0n) is 13.8. The smallest absolute Gasteiger partial charge is 0.291 e. The Hall–Kier alpha value is -3.08. The Labute approximate surface area is 145 Å². The van der Waals surface area contributed by atoms with E-state index >= 15 is 0 Å². The van der Waals surface area contributed by atoms with E-state index in [2.05, 4.69) is 10.6 Å². The number of para-hydroxylation sites is 2. The molecule has 25 heavy (non-hydrogen) atoms. The first kappa shape index (κ1) is 15.4. The normalized spacial score (nSPS) is 13.6. The molecule has 1 fully saturated rings. The van der Waals surface area contributed by atoms with Crippen LogP contribution < -0.4 is 10.6 Å². The van der Waals surface area contributed by atoms with Gasteiger partial charge in [0.15, 0.2) is 5.76 Å². The molecule has 3 aromatic rings. The van der Waals surface area contributed by atoms with Crippen LogP contribution in [0, 0.1) is 6.92 Å². The average Bonchev–Trinajstić information content (AvgIpc) is 3.37. The lowest BCUT2D eigenvalue weighted by Crippen LogP contribution is -2.27. The van der Waals surface area contributed by atoms with E-state index in [1.165, 1.54) is 0 Å². The van der Waals surface area contributed by atoms with Crippen LogP contribution in [0.4, 0.5) is 5.69 Å². The summed E-state index contributed by atoms with van der Waals surface area (Å²) in [4.78, 5) is 25.0. The second kappa shape index (κ2) is 6.09. The first-order valence-corrected chi connectivity index (χ1v) is 8.33. The molecule has 2 aromatic carbocycles. The van der Waals surface area contributed by atoms with E-state index in [1.54, 1.807) is 24.3 Å². The maximum atomic E-state index is 12.7. The van der Waals surface area contributed by atoms with Crippen LogP contribution in [0.15, 0.2) is 52.9 Å². The molecular weight excluding hydrogens is 316 g/mol. The number of anilines is 1. The zero-order valence-corrected chi connectivity index (χ0v) is 13.8. The van der Waals surface area contributed by atoms with Crippen molar-refractivity contribution in [2.75, 3.05) is 5.32 Å². The first-order chi connectivity index (χ1) is 12.1. The molecule has 0 saturated heterocycles. The number of nitrogens with one attached hydrogen (secondary N) is 2. The minimum atomic E-state index is -0.361. The Bertz CT molecular complexity index is 970. The molecule has 0 atom stereocenters. The SMILES string of the molecule is Cc1c(C(=O)Nc2ccccc2C(=O)NC2CC2)oc2ccccc12. The number of hydrogen-bond acceptors (Lipinski definition) is 3. The van der Waals surface area contributed by atoms with Crippen LogP contribution in [-0.2, 0) is 0 Å². The van der Waals surface area contributed by atoms with Gasteiger partial charge in [-0.25, -0.2) is 0 Å². The highest BCUT2D eigenvalue weighted by Gasteiger charge is 2.25. The average molecular weight is 334 g/mol. The van der Waals surface area contributed by atoms with Crippen molar-refractivity contribution < 1.29 is 14.0 Å². The molecule has 1 aliphatic rings. The molecule has 0 aliphatic heterocycles. The Morgan fingerprint density at radius 3 is 2.48 bits per heavy atom. The van der Waals surface area contributed by atoms with Crippen LogP contribution in [0.2, 0.25) is 0 Å². The van der Waals surface area contributed by atoms with E-state index in [-0.39, 0.29) is 23.6 Å². The zero-order chi connectivity index (χ0) is 17.4. The van der Waals surface area contributed by atoms with E-state index in [0.29, 0.717) is 16.8 Å². The molecule has 126 valence electrons. The van der Waals surface area contributed by atoms with Gasteiger partial charge in [-0.1, -0.05) is 30.3 Å². The van der Waals surface area contributed by atoms with Crippen molar-refractivity contribution in [2.45, 2.75) is 25.8 Å². The predicted molar refractivity (Wildman–Crippen MR) is 95.8 cm³/mol. The van der Waals surface area contributed by atoms with Gasteiger partial charge in [0.2, 0.25) is 0 Å². The van der Waals surface area contributed by atoms with Crippen LogP contribution in [-0.4, -0.2) is 17.9 Å². The van der Waals surface area contributed by atoms with Crippen LogP contribution in [0.5, 0.6) is 0 Å². The molecule has 1 aliphatic carbocycles. The fraction of sp³-hybridized carbons (Fsp3) is 0.200. The van der Waals surface area contributed by atoms with E-state index in [1.807, 2.05) is 31.2 Å².